The first-order valence-corrected chi connectivity index (χ1v) is 6.83. The minimum absolute atomic E-state index is 0.648. The fourth-order valence-electron chi connectivity index (χ4n) is 1.84. The van der Waals surface area contributed by atoms with E-state index in [1.54, 1.807) is 11.9 Å². The Bertz CT molecular complexity index is 531. The van der Waals surface area contributed by atoms with E-state index in [-0.39, 0.29) is 0 Å². The minimum atomic E-state index is 0.648. The van der Waals surface area contributed by atoms with Crippen molar-refractivity contribution in [2.24, 2.45) is 0 Å². The highest BCUT2D eigenvalue weighted by molar-refractivity contribution is 8.00. The molecule has 3 rings (SSSR count). The first-order valence-electron chi connectivity index (χ1n) is 5.84. The van der Waals surface area contributed by atoms with Crippen LogP contribution in [-0.2, 0) is 6.54 Å². The molecular formula is C14H14N2OS. The SMILES string of the molecule is c1ccc(CNc2ccc3c(c2)OCSN3)cc1. The maximum absolute atomic E-state index is 5.58. The molecule has 0 aromatic heterocycles. The minimum Gasteiger partial charge on any atom is -0.479 e. The molecule has 1 heterocycles. The van der Waals surface area contributed by atoms with Gasteiger partial charge in [0, 0.05) is 18.3 Å². The van der Waals surface area contributed by atoms with Crippen LogP contribution in [-0.4, -0.2) is 5.94 Å². The summed E-state index contributed by atoms with van der Waals surface area (Å²) in [4.78, 5) is 0. The van der Waals surface area contributed by atoms with E-state index in [1.165, 1.54) is 5.56 Å². The van der Waals surface area contributed by atoms with Crippen LogP contribution in [0.15, 0.2) is 48.5 Å². The van der Waals surface area contributed by atoms with Gasteiger partial charge in [-0.2, -0.15) is 0 Å². The third-order valence-corrected chi connectivity index (χ3v) is 3.38. The Morgan fingerprint density at radius 2 is 2.06 bits per heavy atom. The van der Waals surface area contributed by atoms with Gasteiger partial charge in [-0.3, -0.25) is 0 Å². The summed E-state index contributed by atoms with van der Waals surface area (Å²) in [7, 11) is 0. The van der Waals surface area contributed by atoms with Gasteiger partial charge in [0.15, 0.2) is 5.94 Å². The van der Waals surface area contributed by atoms with Gasteiger partial charge >= 0.3 is 0 Å². The maximum Gasteiger partial charge on any atom is 0.153 e. The molecule has 1 aliphatic rings. The van der Waals surface area contributed by atoms with E-state index in [2.05, 4.69) is 28.2 Å². The van der Waals surface area contributed by atoms with Crippen LogP contribution >= 0.6 is 11.9 Å². The van der Waals surface area contributed by atoms with Gasteiger partial charge in [0.25, 0.3) is 0 Å². The highest BCUT2D eigenvalue weighted by atomic mass is 32.2. The van der Waals surface area contributed by atoms with Crippen LogP contribution in [0, 0.1) is 0 Å². The zero-order valence-corrected chi connectivity index (χ0v) is 10.7. The monoisotopic (exact) mass is 258 g/mol. The van der Waals surface area contributed by atoms with E-state index in [0.717, 1.165) is 23.7 Å². The van der Waals surface area contributed by atoms with Gasteiger partial charge in [-0.15, -0.1) is 0 Å². The second-order valence-corrected chi connectivity index (χ2v) is 4.79. The standard InChI is InChI=1S/C14H14N2OS/c1-2-4-11(5-3-1)9-15-12-6-7-13-14(8-12)17-10-18-16-13/h1-8,15-16H,9-10H2. The van der Waals surface area contributed by atoms with Crippen LogP contribution in [0.1, 0.15) is 5.56 Å². The van der Waals surface area contributed by atoms with Gasteiger partial charge in [0.1, 0.15) is 5.75 Å². The average molecular weight is 258 g/mol. The van der Waals surface area contributed by atoms with Crippen molar-refractivity contribution in [1.29, 1.82) is 0 Å². The highest BCUT2D eigenvalue weighted by Crippen LogP contribution is 2.33. The van der Waals surface area contributed by atoms with Gasteiger partial charge in [0.2, 0.25) is 0 Å². The fraction of sp³-hybridized carbons (Fsp3) is 0.143. The van der Waals surface area contributed by atoms with Gasteiger partial charge in [-0.1, -0.05) is 30.3 Å². The Morgan fingerprint density at radius 1 is 1.17 bits per heavy atom. The maximum atomic E-state index is 5.58. The van der Waals surface area contributed by atoms with Crippen molar-refractivity contribution in [3.63, 3.8) is 0 Å². The molecule has 0 bridgehead atoms. The van der Waals surface area contributed by atoms with Crippen molar-refractivity contribution in [1.82, 2.24) is 0 Å². The summed E-state index contributed by atoms with van der Waals surface area (Å²) >= 11 is 1.56. The van der Waals surface area contributed by atoms with Gasteiger partial charge < -0.3 is 14.8 Å². The molecule has 0 saturated carbocycles. The predicted octanol–water partition coefficient (Wildman–Crippen LogP) is 3.71. The molecule has 2 aromatic rings. The number of ether oxygens (including phenoxy) is 1. The van der Waals surface area contributed by atoms with Crippen LogP contribution < -0.4 is 14.8 Å². The molecule has 1 aliphatic heterocycles. The lowest BCUT2D eigenvalue weighted by atomic mass is 10.2. The molecule has 92 valence electrons. The summed E-state index contributed by atoms with van der Waals surface area (Å²) in [5.74, 6) is 1.56. The number of hydrogen-bond donors (Lipinski definition) is 2. The molecule has 0 saturated heterocycles. The molecule has 0 spiro atoms. The van der Waals surface area contributed by atoms with Crippen LogP contribution in [0.2, 0.25) is 0 Å². The Labute approximate surface area is 111 Å². The van der Waals surface area contributed by atoms with Crippen molar-refractivity contribution >= 4 is 23.3 Å². The molecule has 0 fully saturated rings. The number of fused-ring (bicyclic) bond motifs is 1. The van der Waals surface area contributed by atoms with Crippen LogP contribution in [0.25, 0.3) is 0 Å². The largest absolute Gasteiger partial charge is 0.479 e. The average Bonchev–Trinajstić information content (AvgIpc) is 2.46. The Hall–Kier alpha value is -1.81. The normalized spacial score (nSPS) is 13.1. The van der Waals surface area contributed by atoms with E-state index in [9.17, 15) is 0 Å². The summed E-state index contributed by atoms with van der Waals surface area (Å²) in [6, 6.07) is 16.5. The van der Waals surface area contributed by atoms with E-state index >= 15 is 0 Å². The Balaban J connectivity index is 1.70. The Morgan fingerprint density at radius 3 is 2.94 bits per heavy atom. The second-order valence-electron chi connectivity index (χ2n) is 4.06. The van der Waals surface area contributed by atoms with Gasteiger partial charge in [-0.05, 0) is 29.6 Å². The van der Waals surface area contributed by atoms with E-state index in [4.69, 9.17) is 4.74 Å². The van der Waals surface area contributed by atoms with Crippen molar-refractivity contribution in [2.75, 3.05) is 16.0 Å². The topological polar surface area (TPSA) is 33.3 Å². The molecule has 0 atom stereocenters. The highest BCUT2D eigenvalue weighted by Gasteiger charge is 2.09. The molecule has 4 heteroatoms. The smallest absolute Gasteiger partial charge is 0.153 e. The van der Waals surface area contributed by atoms with Crippen molar-refractivity contribution < 1.29 is 4.74 Å². The zero-order valence-electron chi connectivity index (χ0n) is 9.85. The third-order valence-electron chi connectivity index (χ3n) is 2.78. The quantitative estimate of drug-likeness (QED) is 0.822. The predicted molar refractivity (Wildman–Crippen MR) is 76.9 cm³/mol. The van der Waals surface area contributed by atoms with E-state index < -0.39 is 0 Å². The summed E-state index contributed by atoms with van der Waals surface area (Å²) in [5.41, 5.74) is 3.38. The number of benzene rings is 2. The number of nitrogens with one attached hydrogen (secondary N) is 2. The van der Waals surface area contributed by atoms with Gasteiger partial charge in [0.05, 0.1) is 5.69 Å². The molecule has 0 unspecified atom stereocenters. The van der Waals surface area contributed by atoms with Crippen molar-refractivity contribution in [3.05, 3.63) is 54.1 Å². The van der Waals surface area contributed by atoms with Crippen LogP contribution in [0.3, 0.4) is 0 Å². The molecule has 0 radical (unpaired) electrons. The molecule has 0 aliphatic carbocycles. The number of anilines is 2. The molecule has 3 nitrogen and oxygen atoms in total. The lowest BCUT2D eigenvalue weighted by molar-refractivity contribution is 0.392. The summed E-state index contributed by atoms with van der Waals surface area (Å²) in [5, 5.41) is 3.40. The zero-order chi connectivity index (χ0) is 12.2. The number of hydrogen-bond acceptors (Lipinski definition) is 4. The molecular weight excluding hydrogens is 244 g/mol. The molecule has 2 aromatic carbocycles. The lowest BCUT2D eigenvalue weighted by Gasteiger charge is -2.19. The van der Waals surface area contributed by atoms with Crippen molar-refractivity contribution in [3.8, 4) is 5.75 Å². The van der Waals surface area contributed by atoms with Crippen LogP contribution in [0.4, 0.5) is 11.4 Å². The number of rotatable bonds is 3. The Kier molecular flexibility index (Phi) is 3.28. The first-order chi connectivity index (χ1) is 8.92. The fourth-order valence-corrected chi connectivity index (χ4v) is 2.41. The van der Waals surface area contributed by atoms with Crippen LogP contribution in [0.5, 0.6) is 5.75 Å². The summed E-state index contributed by atoms with van der Waals surface area (Å²) in [6.45, 7) is 0.821. The van der Waals surface area contributed by atoms with Crippen molar-refractivity contribution in [2.45, 2.75) is 6.54 Å². The summed E-state index contributed by atoms with van der Waals surface area (Å²) < 4.78 is 8.80. The van der Waals surface area contributed by atoms with E-state index in [1.807, 2.05) is 30.3 Å². The van der Waals surface area contributed by atoms with Gasteiger partial charge in [-0.25, -0.2) is 0 Å². The first kappa shape index (κ1) is 11.3. The lowest BCUT2D eigenvalue weighted by Crippen LogP contribution is -2.06. The van der Waals surface area contributed by atoms with E-state index in [0.29, 0.717) is 5.94 Å². The molecule has 2 N–H and O–H groups in total. The second kappa shape index (κ2) is 5.23. The molecule has 0 amide bonds. The third kappa shape index (κ3) is 2.54. The summed E-state index contributed by atoms with van der Waals surface area (Å²) in [6.07, 6.45) is 0. The molecule has 18 heavy (non-hydrogen) atoms.